The van der Waals surface area contributed by atoms with Crippen molar-refractivity contribution >= 4 is 28.7 Å². The van der Waals surface area contributed by atoms with Gasteiger partial charge in [-0.25, -0.2) is 9.37 Å². The van der Waals surface area contributed by atoms with Gasteiger partial charge in [0, 0.05) is 17.6 Å². The predicted octanol–water partition coefficient (Wildman–Crippen LogP) is 4.29. The molecule has 0 atom stereocenters. The molecule has 2 N–H and O–H groups in total. The van der Waals surface area contributed by atoms with Crippen LogP contribution in [0.1, 0.15) is 26.7 Å². The summed E-state index contributed by atoms with van der Waals surface area (Å²) in [5.41, 5.74) is 2.54. The lowest BCUT2D eigenvalue weighted by Gasteiger charge is -2.04. The molecular formula is C22H17FN4O2. The summed E-state index contributed by atoms with van der Waals surface area (Å²) >= 11 is 0. The molecule has 2 amide bonds. The number of nitrogens with zero attached hydrogens (tertiary/aromatic N) is 2. The number of pyridine rings is 1. The average molecular weight is 388 g/mol. The Balaban J connectivity index is 1.66. The van der Waals surface area contributed by atoms with E-state index in [1.165, 1.54) is 18.2 Å². The zero-order valence-electron chi connectivity index (χ0n) is 15.5. The molecule has 29 heavy (non-hydrogen) atoms. The summed E-state index contributed by atoms with van der Waals surface area (Å²) in [4.78, 5) is 29.8. The topological polar surface area (TPSA) is 75.5 Å². The van der Waals surface area contributed by atoms with Crippen LogP contribution in [-0.2, 0) is 0 Å². The maximum absolute atomic E-state index is 13.4. The second kappa shape index (κ2) is 7.55. The maximum atomic E-state index is 13.4. The van der Waals surface area contributed by atoms with Gasteiger partial charge in [-0.05, 0) is 49.4 Å². The highest BCUT2D eigenvalue weighted by molar-refractivity contribution is 6.10. The highest BCUT2D eigenvalue weighted by atomic mass is 19.1. The summed E-state index contributed by atoms with van der Waals surface area (Å²) in [6, 6.07) is 18.1. The Morgan fingerprint density at radius 1 is 0.897 bits per heavy atom. The molecule has 0 bridgehead atoms. The van der Waals surface area contributed by atoms with Crippen LogP contribution in [0.4, 0.5) is 15.8 Å². The minimum Gasteiger partial charge on any atom is -0.320 e. The first-order valence-corrected chi connectivity index (χ1v) is 8.93. The number of aryl methyl sites for hydroxylation is 1. The summed E-state index contributed by atoms with van der Waals surface area (Å²) in [5, 5.41) is 5.40. The van der Waals surface area contributed by atoms with Gasteiger partial charge in [-0.15, -0.1) is 0 Å². The highest BCUT2D eigenvalue weighted by Crippen LogP contribution is 2.18. The smallest absolute Gasteiger partial charge is 0.292 e. The number of nitrogens with one attached hydrogen (secondary N) is 2. The average Bonchev–Trinajstić information content (AvgIpc) is 3.10. The summed E-state index contributed by atoms with van der Waals surface area (Å²) in [7, 11) is 0. The molecule has 2 heterocycles. The number of hydrogen-bond acceptors (Lipinski definition) is 3. The quantitative estimate of drug-likeness (QED) is 0.548. The fraction of sp³-hybridized carbons (Fsp3) is 0.0455. The molecule has 0 unspecified atom stereocenters. The molecule has 2 aromatic heterocycles. The molecule has 0 aliphatic carbocycles. The van der Waals surface area contributed by atoms with E-state index in [0.29, 0.717) is 16.9 Å². The van der Waals surface area contributed by atoms with E-state index in [0.717, 1.165) is 5.56 Å². The molecule has 7 heteroatoms. The molecule has 0 fully saturated rings. The van der Waals surface area contributed by atoms with Crippen LogP contribution in [-0.4, -0.2) is 21.2 Å². The largest absolute Gasteiger partial charge is 0.320 e. The lowest BCUT2D eigenvalue weighted by Crippen LogP contribution is -2.16. The van der Waals surface area contributed by atoms with Crippen molar-refractivity contribution in [1.29, 1.82) is 0 Å². The van der Waals surface area contributed by atoms with Crippen molar-refractivity contribution in [2.45, 2.75) is 6.92 Å². The van der Waals surface area contributed by atoms with Crippen LogP contribution in [0.25, 0.3) is 5.52 Å². The Bertz CT molecular complexity index is 1220. The first kappa shape index (κ1) is 18.4. The number of amides is 2. The summed E-state index contributed by atoms with van der Waals surface area (Å²) in [6.07, 6.45) is 1.66. The number of carbonyl (C=O) groups is 2. The first-order valence-electron chi connectivity index (χ1n) is 8.93. The number of carbonyl (C=O) groups excluding carboxylic acids is 2. The van der Waals surface area contributed by atoms with Crippen LogP contribution in [0.15, 0.2) is 72.9 Å². The van der Waals surface area contributed by atoms with Crippen molar-refractivity contribution in [2.75, 3.05) is 10.6 Å². The second-order valence-corrected chi connectivity index (χ2v) is 6.52. The molecule has 0 radical (unpaired) electrons. The van der Waals surface area contributed by atoms with Gasteiger partial charge in [0.15, 0.2) is 5.69 Å². The SMILES string of the molecule is Cc1ccc(NC(=O)c2nc(C(=O)Nc3cccc(F)c3)c3ccccn23)cc1. The second-order valence-electron chi connectivity index (χ2n) is 6.52. The maximum Gasteiger partial charge on any atom is 0.292 e. The van der Waals surface area contributed by atoms with Gasteiger partial charge in [0.2, 0.25) is 5.82 Å². The standard InChI is InChI=1S/C22H17FN4O2/c1-14-8-10-16(11-9-14)24-22(29)20-26-19(18-7-2-3-12-27(18)20)21(28)25-17-6-4-5-15(23)13-17/h2-13H,1H3,(H,24,29)(H,25,28). The number of fused-ring (bicyclic) bond motifs is 1. The van der Waals surface area contributed by atoms with Gasteiger partial charge in [-0.1, -0.05) is 29.8 Å². The molecule has 6 nitrogen and oxygen atoms in total. The van der Waals surface area contributed by atoms with E-state index >= 15 is 0 Å². The van der Waals surface area contributed by atoms with Gasteiger partial charge < -0.3 is 10.6 Å². The third-order valence-corrected chi connectivity index (χ3v) is 4.36. The molecule has 0 saturated carbocycles. The Labute approximate surface area is 166 Å². The van der Waals surface area contributed by atoms with E-state index in [4.69, 9.17) is 0 Å². The zero-order valence-corrected chi connectivity index (χ0v) is 15.5. The number of imidazole rings is 1. The lowest BCUT2D eigenvalue weighted by atomic mass is 10.2. The van der Waals surface area contributed by atoms with Gasteiger partial charge in [-0.3, -0.25) is 14.0 Å². The Morgan fingerprint density at radius 3 is 2.41 bits per heavy atom. The molecule has 4 rings (SSSR count). The van der Waals surface area contributed by atoms with Crippen molar-refractivity contribution in [3.05, 3.63) is 95.8 Å². The molecule has 0 spiro atoms. The van der Waals surface area contributed by atoms with E-state index in [1.54, 1.807) is 47.0 Å². The first-order chi connectivity index (χ1) is 14.0. The van der Waals surface area contributed by atoms with Crippen LogP contribution in [0, 0.1) is 12.7 Å². The van der Waals surface area contributed by atoms with Crippen LogP contribution in [0.2, 0.25) is 0 Å². The number of aromatic nitrogens is 2. The van der Waals surface area contributed by atoms with Crippen molar-refractivity contribution in [3.8, 4) is 0 Å². The van der Waals surface area contributed by atoms with Crippen LogP contribution >= 0.6 is 0 Å². The number of benzene rings is 2. The molecule has 0 saturated heterocycles. The highest BCUT2D eigenvalue weighted by Gasteiger charge is 2.21. The van der Waals surface area contributed by atoms with E-state index in [1.807, 2.05) is 19.1 Å². The van der Waals surface area contributed by atoms with Gasteiger partial charge in [0.05, 0.1) is 5.52 Å². The fourth-order valence-electron chi connectivity index (χ4n) is 2.95. The normalized spacial score (nSPS) is 10.7. The van der Waals surface area contributed by atoms with Crippen LogP contribution in [0.5, 0.6) is 0 Å². The lowest BCUT2D eigenvalue weighted by molar-refractivity contribution is 0.101. The summed E-state index contributed by atoms with van der Waals surface area (Å²) in [6.45, 7) is 1.96. The van der Waals surface area contributed by atoms with Crippen LogP contribution < -0.4 is 10.6 Å². The van der Waals surface area contributed by atoms with E-state index in [2.05, 4.69) is 15.6 Å². The minimum atomic E-state index is -0.534. The predicted molar refractivity (Wildman–Crippen MR) is 109 cm³/mol. The fourth-order valence-corrected chi connectivity index (χ4v) is 2.95. The minimum absolute atomic E-state index is 0.0731. The van der Waals surface area contributed by atoms with Gasteiger partial charge >= 0.3 is 0 Å². The Kier molecular flexibility index (Phi) is 4.78. The third-order valence-electron chi connectivity index (χ3n) is 4.36. The van der Waals surface area contributed by atoms with Crippen molar-refractivity contribution in [2.24, 2.45) is 0 Å². The number of hydrogen-bond donors (Lipinski definition) is 2. The van der Waals surface area contributed by atoms with Crippen LogP contribution in [0.3, 0.4) is 0 Å². The number of rotatable bonds is 4. The summed E-state index contributed by atoms with van der Waals surface area (Å²) < 4.78 is 14.9. The number of anilines is 2. The summed E-state index contributed by atoms with van der Waals surface area (Å²) in [5.74, 6) is -1.37. The molecule has 0 aliphatic rings. The molecule has 2 aromatic carbocycles. The van der Waals surface area contributed by atoms with E-state index in [9.17, 15) is 14.0 Å². The van der Waals surface area contributed by atoms with Crippen molar-refractivity contribution < 1.29 is 14.0 Å². The van der Waals surface area contributed by atoms with Crippen molar-refractivity contribution in [3.63, 3.8) is 0 Å². The molecular weight excluding hydrogens is 371 g/mol. The van der Waals surface area contributed by atoms with Gasteiger partial charge in [0.25, 0.3) is 11.8 Å². The Hall–Kier alpha value is -4.00. The molecule has 4 aromatic rings. The molecule has 144 valence electrons. The van der Waals surface area contributed by atoms with Crippen molar-refractivity contribution in [1.82, 2.24) is 9.38 Å². The monoisotopic (exact) mass is 388 g/mol. The number of halogens is 1. The van der Waals surface area contributed by atoms with E-state index < -0.39 is 17.6 Å². The molecule has 0 aliphatic heterocycles. The van der Waals surface area contributed by atoms with Gasteiger partial charge in [-0.2, -0.15) is 0 Å². The van der Waals surface area contributed by atoms with Gasteiger partial charge in [0.1, 0.15) is 5.82 Å². The third kappa shape index (κ3) is 3.84. The van der Waals surface area contributed by atoms with E-state index in [-0.39, 0.29) is 11.5 Å². The zero-order chi connectivity index (χ0) is 20.4. The Morgan fingerprint density at radius 2 is 1.66 bits per heavy atom.